The molecule has 98 valence electrons. The Morgan fingerprint density at radius 3 is 2.83 bits per heavy atom. The number of thiophene rings is 1. The molecule has 1 atom stereocenters. The van der Waals surface area contributed by atoms with E-state index in [0.29, 0.717) is 30.1 Å². The molecule has 6 heteroatoms. The lowest BCUT2D eigenvalue weighted by Crippen LogP contribution is -2.29. The van der Waals surface area contributed by atoms with Gasteiger partial charge in [0.1, 0.15) is 0 Å². The molecule has 1 unspecified atom stereocenters. The van der Waals surface area contributed by atoms with E-state index in [1.807, 2.05) is 6.92 Å². The number of hydrogen-bond donors (Lipinski definition) is 1. The van der Waals surface area contributed by atoms with Gasteiger partial charge in [0.25, 0.3) is 5.91 Å². The molecule has 2 N–H and O–H groups in total. The second-order valence-corrected chi connectivity index (χ2v) is 5.64. The molecular formula is C12H16N2O3S. The normalized spacial score (nSPS) is 19.0. The molecule has 1 fully saturated rings. The van der Waals surface area contributed by atoms with Crippen LogP contribution in [0.15, 0.2) is 6.07 Å². The number of rotatable bonds is 2. The van der Waals surface area contributed by atoms with Gasteiger partial charge in [0.2, 0.25) is 0 Å². The first-order valence-corrected chi connectivity index (χ1v) is 6.57. The topological polar surface area (TPSA) is 72.6 Å². The fourth-order valence-corrected chi connectivity index (χ4v) is 2.97. The number of nitrogens with zero attached hydrogens (tertiary/aromatic N) is 1. The van der Waals surface area contributed by atoms with Crippen molar-refractivity contribution in [1.82, 2.24) is 4.90 Å². The molecule has 5 nitrogen and oxygen atoms in total. The lowest BCUT2D eigenvalue weighted by molar-refractivity contribution is -0.144. The van der Waals surface area contributed by atoms with Gasteiger partial charge in [0, 0.05) is 23.7 Å². The number of methoxy groups -OCH3 is 1. The summed E-state index contributed by atoms with van der Waals surface area (Å²) in [6.45, 7) is 2.91. The summed E-state index contributed by atoms with van der Waals surface area (Å²) in [5.74, 6) is -0.490. The van der Waals surface area contributed by atoms with E-state index >= 15 is 0 Å². The van der Waals surface area contributed by atoms with Crippen LogP contribution in [0.2, 0.25) is 0 Å². The summed E-state index contributed by atoms with van der Waals surface area (Å²) in [6.07, 6.45) is 0.665. The third kappa shape index (κ3) is 2.33. The highest BCUT2D eigenvalue weighted by Crippen LogP contribution is 2.27. The summed E-state index contributed by atoms with van der Waals surface area (Å²) < 4.78 is 4.70. The van der Waals surface area contributed by atoms with E-state index in [-0.39, 0.29) is 17.8 Å². The second kappa shape index (κ2) is 4.97. The number of aryl methyl sites for hydroxylation is 1. The summed E-state index contributed by atoms with van der Waals surface area (Å²) in [5, 5.41) is 0. The summed E-state index contributed by atoms with van der Waals surface area (Å²) in [5.41, 5.74) is 6.39. The Labute approximate surface area is 110 Å². The molecule has 0 saturated carbocycles. The van der Waals surface area contributed by atoms with Crippen molar-refractivity contribution in [2.75, 3.05) is 25.9 Å². The van der Waals surface area contributed by atoms with Gasteiger partial charge in [-0.15, -0.1) is 11.3 Å². The summed E-state index contributed by atoms with van der Waals surface area (Å²) in [6, 6.07) is 1.70. The number of nitrogen functional groups attached to an aromatic ring is 1. The quantitative estimate of drug-likeness (QED) is 0.820. The Balaban J connectivity index is 2.05. The molecule has 1 amide bonds. The van der Waals surface area contributed by atoms with Crippen molar-refractivity contribution < 1.29 is 14.3 Å². The fraction of sp³-hybridized carbons (Fsp3) is 0.500. The maximum absolute atomic E-state index is 12.2. The van der Waals surface area contributed by atoms with Crippen LogP contribution in [0.3, 0.4) is 0 Å². The van der Waals surface area contributed by atoms with Gasteiger partial charge in [0.15, 0.2) is 0 Å². The van der Waals surface area contributed by atoms with Crippen LogP contribution in [-0.2, 0) is 9.53 Å². The molecule has 0 aromatic carbocycles. The minimum atomic E-state index is -0.243. The van der Waals surface area contributed by atoms with Crippen LogP contribution >= 0.6 is 11.3 Å². The number of amides is 1. The van der Waals surface area contributed by atoms with Crippen LogP contribution < -0.4 is 5.73 Å². The minimum Gasteiger partial charge on any atom is -0.469 e. The average Bonchev–Trinajstić information content (AvgIpc) is 2.96. The van der Waals surface area contributed by atoms with Crippen LogP contribution in [0.4, 0.5) is 5.69 Å². The molecule has 0 radical (unpaired) electrons. The standard InChI is InChI=1S/C12H16N2O3S/c1-7-9(13)5-10(18-7)11(15)14-4-3-8(6-14)12(16)17-2/h5,8H,3-4,6,13H2,1-2H3. The fourth-order valence-electron chi connectivity index (χ4n) is 2.06. The van der Waals surface area contributed by atoms with Gasteiger partial charge in [-0.2, -0.15) is 0 Å². The van der Waals surface area contributed by atoms with Crippen LogP contribution in [0, 0.1) is 12.8 Å². The Hall–Kier alpha value is -1.56. The summed E-state index contributed by atoms with van der Waals surface area (Å²) >= 11 is 1.39. The first-order chi connectivity index (χ1) is 8.52. The molecule has 1 saturated heterocycles. The summed E-state index contributed by atoms with van der Waals surface area (Å²) in [7, 11) is 1.37. The SMILES string of the molecule is COC(=O)C1CCN(C(=O)c2cc(N)c(C)s2)C1. The summed E-state index contributed by atoms with van der Waals surface area (Å²) in [4.78, 5) is 26.9. The largest absolute Gasteiger partial charge is 0.469 e. The lowest BCUT2D eigenvalue weighted by Gasteiger charge is -2.14. The van der Waals surface area contributed by atoms with E-state index < -0.39 is 0 Å². The molecule has 0 bridgehead atoms. The van der Waals surface area contributed by atoms with E-state index in [2.05, 4.69) is 0 Å². The van der Waals surface area contributed by atoms with Gasteiger partial charge >= 0.3 is 5.97 Å². The zero-order chi connectivity index (χ0) is 13.3. The highest BCUT2D eigenvalue weighted by atomic mass is 32.1. The number of likely N-dealkylation sites (tertiary alicyclic amines) is 1. The number of nitrogens with two attached hydrogens (primary N) is 1. The zero-order valence-electron chi connectivity index (χ0n) is 10.4. The molecule has 1 aliphatic heterocycles. The Morgan fingerprint density at radius 1 is 1.56 bits per heavy atom. The van der Waals surface area contributed by atoms with E-state index in [1.54, 1.807) is 11.0 Å². The van der Waals surface area contributed by atoms with E-state index in [1.165, 1.54) is 18.4 Å². The van der Waals surface area contributed by atoms with Crippen LogP contribution in [0.5, 0.6) is 0 Å². The minimum absolute atomic E-state index is 0.0498. The first kappa shape index (κ1) is 12.9. The average molecular weight is 268 g/mol. The zero-order valence-corrected chi connectivity index (χ0v) is 11.3. The van der Waals surface area contributed by atoms with Crippen molar-refractivity contribution in [3.8, 4) is 0 Å². The molecule has 18 heavy (non-hydrogen) atoms. The van der Waals surface area contributed by atoms with Crippen LogP contribution in [0.25, 0.3) is 0 Å². The molecule has 1 aliphatic rings. The van der Waals surface area contributed by atoms with Crippen LogP contribution in [-0.4, -0.2) is 37.0 Å². The predicted octanol–water partition coefficient (Wildman–Crippen LogP) is 1.27. The van der Waals surface area contributed by atoms with E-state index in [0.717, 1.165) is 4.88 Å². The predicted molar refractivity (Wildman–Crippen MR) is 69.5 cm³/mol. The highest BCUT2D eigenvalue weighted by molar-refractivity contribution is 7.14. The van der Waals surface area contributed by atoms with Crippen molar-refractivity contribution >= 4 is 28.9 Å². The molecule has 0 aliphatic carbocycles. The van der Waals surface area contributed by atoms with E-state index in [4.69, 9.17) is 10.5 Å². The van der Waals surface area contributed by atoms with Gasteiger partial charge in [-0.25, -0.2) is 0 Å². The second-order valence-electron chi connectivity index (χ2n) is 4.38. The van der Waals surface area contributed by atoms with Crippen LogP contribution in [0.1, 0.15) is 21.0 Å². The maximum Gasteiger partial charge on any atom is 0.310 e. The Morgan fingerprint density at radius 2 is 2.28 bits per heavy atom. The third-order valence-corrected chi connectivity index (χ3v) is 4.23. The first-order valence-electron chi connectivity index (χ1n) is 5.76. The molecule has 2 rings (SSSR count). The van der Waals surface area contributed by atoms with Gasteiger partial charge in [-0.05, 0) is 19.4 Å². The van der Waals surface area contributed by atoms with Gasteiger partial charge in [0.05, 0.1) is 17.9 Å². The highest BCUT2D eigenvalue weighted by Gasteiger charge is 2.32. The third-order valence-electron chi connectivity index (χ3n) is 3.18. The van der Waals surface area contributed by atoms with Gasteiger partial charge in [-0.1, -0.05) is 0 Å². The molecule has 2 heterocycles. The lowest BCUT2D eigenvalue weighted by atomic mass is 10.1. The van der Waals surface area contributed by atoms with Crippen molar-refractivity contribution in [2.45, 2.75) is 13.3 Å². The number of esters is 1. The molecule has 1 aromatic rings. The maximum atomic E-state index is 12.2. The Bertz CT molecular complexity index is 464. The van der Waals surface area contributed by atoms with Crippen molar-refractivity contribution in [2.24, 2.45) is 5.92 Å². The molecule has 1 aromatic heterocycles. The van der Waals surface area contributed by atoms with Crippen molar-refractivity contribution in [1.29, 1.82) is 0 Å². The number of anilines is 1. The van der Waals surface area contributed by atoms with Crippen molar-refractivity contribution in [3.05, 3.63) is 15.8 Å². The number of ether oxygens (including phenoxy) is 1. The Kier molecular flexibility index (Phi) is 3.56. The molecular weight excluding hydrogens is 252 g/mol. The monoisotopic (exact) mass is 268 g/mol. The number of carbonyl (C=O) groups excluding carboxylic acids is 2. The van der Waals surface area contributed by atoms with E-state index in [9.17, 15) is 9.59 Å². The number of carbonyl (C=O) groups is 2. The number of hydrogen-bond acceptors (Lipinski definition) is 5. The van der Waals surface area contributed by atoms with Gasteiger partial charge < -0.3 is 15.4 Å². The van der Waals surface area contributed by atoms with Crippen molar-refractivity contribution in [3.63, 3.8) is 0 Å². The molecule has 0 spiro atoms. The van der Waals surface area contributed by atoms with Gasteiger partial charge in [-0.3, -0.25) is 9.59 Å². The smallest absolute Gasteiger partial charge is 0.310 e.